The maximum absolute atomic E-state index is 5.13. The van der Waals surface area contributed by atoms with Crippen molar-refractivity contribution in [2.24, 2.45) is 0 Å². The summed E-state index contributed by atoms with van der Waals surface area (Å²) >= 11 is 0. The quantitative estimate of drug-likeness (QED) is 0.645. The van der Waals surface area contributed by atoms with Crippen molar-refractivity contribution in [3.63, 3.8) is 0 Å². The van der Waals surface area contributed by atoms with E-state index in [1.807, 2.05) is 0 Å². The highest BCUT2D eigenvalue weighted by atomic mass is 16.5. The summed E-state index contributed by atoms with van der Waals surface area (Å²) in [5.74, 6) is 0.464. The van der Waals surface area contributed by atoms with E-state index in [0.29, 0.717) is 5.92 Å². The lowest BCUT2D eigenvalue weighted by atomic mass is 10.0. The Balaban J connectivity index is 2.30. The van der Waals surface area contributed by atoms with Crippen molar-refractivity contribution in [3.05, 3.63) is 41.5 Å². The van der Waals surface area contributed by atoms with Gasteiger partial charge in [0.15, 0.2) is 0 Å². The van der Waals surface area contributed by atoms with Crippen molar-refractivity contribution < 1.29 is 4.74 Å². The third kappa shape index (κ3) is 1.16. The lowest BCUT2D eigenvalue weighted by Gasteiger charge is -2.08. The monoisotopic (exact) mass is 160 g/mol. The number of hydrogen-bond acceptors (Lipinski definition) is 1. The van der Waals surface area contributed by atoms with E-state index in [0.717, 1.165) is 6.61 Å². The summed E-state index contributed by atoms with van der Waals surface area (Å²) in [7, 11) is 1.74. The lowest BCUT2D eigenvalue weighted by Crippen LogP contribution is -2.00. The number of fused-ring (bicyclic) bond motifs is 1. The van der Waals surface area contributed by atoms with Crippen LogP contribution in [0.3, 0.4) is 0 Å². The molecule has 12 heavy (non-hydrogen) atoms. The number of methoxy groups -OCH3 is 1. The topological polar surface area (TPSA) is 9.23 Å². The van der Waals surface area contributed by atoms with Crippen LogP contribution in [-0.4, -0.2) is 13.7 Å². The first-order chi connectivity index (χ1) is 5.92. The Morgan fingerprint density at radius 2 is 2.17 bits per heavy atom. The SMILES string of the molecule is COCC1C=Cc2ccccc21. The minimum Gasteiger partial charge on any atom is -0.384 e. The number of rotatable bonds is 2. The minimum atomic E-state index is 0.464. The maximum atomic E-state index is 5.13. The molecule has 0 amide bonds. The van der Waals surface area contributed by atoms with Gasteiger partial charge in [0.25, 0.3) is 0 Å². The molecule has 0 aromatic heterocycles. The van der Waals surface area contributed by atoms with Gasteiger partial charge in [-0.05, 0) is 11.1 Å². The molecule has 1 aliphatic rings. The van der Waals surface area contributed by atoms with Crippen LogP contribution in [0.25, 0.3) is 6.08 Å². The van der Waals surface area contributed by atoms with E-state index in [2.05, 4.69) is 36.4 Å². The first kappa shape index (κ1) is 7.56. The van der Waals surface area contributed by atoms with Crippen LogP contribution >= 0.6 is 0 Å². The summed E-state index contributed by atoms with van der Waals surface area (Å²) in [6.45, 7) is 0.785. The van der Waals surface area contributed by atoms with E-state index in [1.54, 1.807) is 7.11 Å². The Morgan fingerprint density at radius 3 is 3.00 bits per heavy atom. The van der Waals surface area contributed by atoms with Gasteiger partial charge in [0.1, 0.15) is 0 Å². The van der Waals surface area contributed by atoms with Crippen LogP contribution in [0.2, 0.25) is 0 Å². The Hall–Kier alpha value is -1.08. The maximum Gasteiger partial charge on any atom is 0.0566 e. The van der Waals surface area contributed by atoms with Gasteiger partial charge in [0.05, 0.1) is 6.61 Å². The van der Waals surface area contributed by atoms with Crippen LogP contribution in [0.5, 0.6) is 0 Å². The van der Waals surface area contributed by atoms with Crippen molar-refractivity contribution in [2.45, 2.75) is 5.92 Å². The van der Waals surface area contributed by atoms with Gasteiger partial charge in [-0.25, -0.2) is 0 Å². The van der Waals surface area contributed by atoms with Crippen molar-refractivity contribution in [2.75, 3.05) is 13.7 Å². The molecule has 0 saturated heterocycles. The predicted molar refractivity (Wildman–Crippen MR) is 50.1 cm³/mol. The van der Waals surface area contributed by atoms with E-state index < -0.39 is 0 Å². The van der Waals surface area contributed by atoms with Crippen molar-refractivity contribution >= 4 is 6.08 Å². The lowest BCUT2D eigenvalue weighted by molar-refractivity contribution is 0.192. The average Bonchev–Trinajstić information content (AvgIpc) is 2.50. The number of hydrogen-bond donors (Lipinski definition) is 0. The molecule has 1 heteroatoms. The molecule has 0 saturated carbocycles. The minimum absolute atomic E-state index is 0.464. The van der Waals surface area contributed by atoms with E-state index in [-0.39, 0.29) is 0 Å². The van der Waals surface area contributed by atoms with Gasteiger partial charge in [-0.3, -0.25) is 0 Å². The fraction of sp³-hybridized carbons (Fsp3) is 0.273. The van der Waals surface area contributed by atoms with Gasteiger partial charge in [0.2, 0.25) is 0 Å². The van der Waals surface area contributed by atoms with Crippen molar-refractivity contribution in [1.82, 2.24) is 0 Å². The Labute approximate surface area is 72.7 Å². The predicted octanol–water partition coefficient (Wildman–Crippen LogP) is 2.44. The zero-order chi connectivity index (χ0) is 8.39. The zero-order valence-electron chi connectivity index (χ0n) is 7.16. The van der Waals surface area contributed by atoms with Gasteiger partial charge in [0, 0.05) is 13.0 Å². The molecule has 1 nitrogen and oxygen atoms in total. The highest BCUT2D eigenvalue weighted by Gasteiger charge is 2.15. The number of benzene rings is 1. The average molecular weight is 160 g/mol. The molecule has 1 unspecified atom stereocenters. The molecule has 0 fully saturated rings. The standard InChI is InChI=1S/C11H12O/c1-12-8-10-7-6-9-4-2-3-5-11(9)10/h2-7,10H,8H2,1H3. The summed E-state index contributed by atoms with van der Waals surface area (Å²) < 4.78 is 5.13. The van der Waals surface area contributed by atoms with Crippen LogP contribution in [0, 0.1) is 0 Å². The molecule has 62 valence electrons. The second-order valence-electron chi connectivity index (χ2n) is 3.05. The molecule has 0 radical (unpaired) electrons. The summed E-state index contributed by atoms with van der Waals surface area (Å²) in [5, 5.41) is 0. The Morgan fingerprint density at radius 1 is 1.33 bits per heavy atom. The van der Waals surface area contributed by atoms with Crippen LogP contribution in [-0.2, 0) is 4.74 Å². The largest absolute Gasteiger partial charge is 0.384 e. The summed E-state index contributed by atoms with van der Waals surface area (Å²) in [5.41, 5.74) is 2.72. The third-order valence-corrected chi connectivity index (χ3v) is 2.25. The molecule has 0 spiro atoms. The van der Waals surface area contributed by atoms with Gasteiger partial charge < -0.3 is 4.74 Å². The molecule has 0 bridgehead atoms. The third-order valence-electron chi connectivity index (χ3n) is 2.25. The first-order valence-corrected chi connectivity index (χ1v) is 4.18. The molecule has 0 heterocycles. The molecule has 1 aromatic rings. The van der Waals surface area contributed by atoms with Gasteiger partial charge >= 0.3 is 0 Å². The molecule has 1 atom stereocenters. The summed E-state index contributed by atoms with van der Waals surface area (Å²) in [4.78, 5) is 0. The fourth-order valence-corrected chi connectivity index (χ4v) is 1.65. The summed E-state index contributed by atoms with van der Waals surface area (Å²) in [6.07, 6.45) is 4.37. The van der Waals surface area contributed by atoms with Crippen LogP contribution < -0.4 is 0 Å². The van der Waals surface area contributed by atoms with E-state index in [4.69, 9.17) is 4.74 Å². The second-order valence-corrected chi connectivity index (χ2v) is 3.05. The first-order valence-electron chi connectivity index (χ1n) is 4.18. The molecule has 2 rings (SSSR count). The van der Waals surface area contributed by atoms with Gasteiger partial charge in [-0.2, -0.15) is 0 Å². The van der Waals surface area contributed by atoms with Crippen LogP contribution in [0.1, 0.15) is 17.0 Å². The van der Waals surface area contributed by atoms with E-state index >= 15 is 0 Å². The molecule has 1 aromatic carbocycles. The van der Waals surface area contributed by atoms with Crippen molar-refractivity contribution in [1.29, 1.82) is 0 Å². The molecular formula is C11H12O. The zero-order valence-corrected chi connectivity index (χ0v) is 7.16. The molecule has 0 aliphatic heterocycles. The van der Waals surface area contributed by atoms with Gasteiger partial charge in [-0.1, -0.05) is 36.4 Å². The second kappa shape index (κ2) is 3.11. The van der Waals surface area contributed by atoms with E-state index in [9.17, 15) is 0 Å². The Kier molecular flexibility index (Phi) is 1.96. The highest BCUT2D eigenvalue weighted by Crippen LogP contribution is 2.29. The molecular weight excluding hydrogens is 148 g/mol. The normalized spacial score (nSPS) is 19.6. The Bertz CT molecular complexity index is 302. The van der Waals surface area contributed by atoms with Crippen LogP contribution in [0.4, 0.5) is 0 Å². The highest BCUT2D eigenvalue weighted by molar-refractivity contribution is 5.62. The smallest absolute Gasteiger partial charge is 0.0566 e. The van der Waals surface area contributed by atoms with Crippen LogP contribution in [0.15, 0.2) is 30.3 Å². The van der Waals surface area contributed by atoms with E-state index in [1.165, 1.54) is 11.1 Å². The molecule has 1 aliphatic carbocycles. The van der Waals surface area contributed by atoms with Crippen molar-refractivity contribution in [3.8, 4) is 0 Å². The summed E-state index contributed by atoms with van der Waals surface area (Å²) in [6, 6.07) is 8.45. The fourth-order valence-electron chi connectivity index (χ4n) is 1.65. The van der Waals surface area contributed by atoms with Gasteiger partial charge in [-0.15, -0.1) is 0 Å². The number of ether oxygens (including phenoxy) is 1. The molecule has 0 N–H and O–H groups in total.